The van der Waals surface area contributed by atoms with Crippen LogP contribution in [-0.4, -0.2) is 24.9 Å². The van der Waals surface area contributed by atoms with E-state index in [1.807, 2.05) is 24.3 Å². The molecule has 1 unspecified atom stereocenters. The van der Waals surface area contributed by atoms with Crippen molar-refractivity contribution < 1.29 is 9.84 Å². The van der Waals surface area contributed by atoms with Crippen molar-refractivity contribution >= 4 is 0 Å². The molecule has 0 radical (unpaired) electrons. The van der Waals surface area contributed by atoms with Gasteiger partial charge in [-0.3, -0.25) is 0 Å². The molecule has 96 valence electrons. The molecule has 2 N–H and O–H groups in total. The Morgan fingerprint density at radius 1 is 1.29 bits per heavy atom. The van der Waals surface area contributed by atoms with Crippen molar-refractivity contribution in [1.82, 2.24) is 5.32 Å². The van der Waals surface area contributed by atoms with Crippen molar-refractivity contribution in [2.75, 3.05) is 13.7 Å². The molecule has 0 aliphatic rings. The van der Waals surface area contributed by atoms with E-state index < -0.39 is 0 Å². The van der Waals surface area contributed by atoms with E-state index >= 15 is 0 Å². The molecule has 1 aromatic carbocycles. The monoisotopic (exact) mass is 237 g/mol. The summed E-state index contributed by atoms with van der Waals surface area (Å²) in [5.74, 6) is 0.834. The minimum Gasteiger partial charge on any atom is -0.497 e. The third-order valence-corrected chi connectivity index (χ3v) is 3.08. The fourth-order valence-electron chi connectivity index (χ4n) is 2.10. The first-order valence-electron chi connectivity index (χ1n) is 6.11. The summed E-state index contributed by atoms with van der Waals surface area (Å²) in [6, 6.07) is 8.20. The van der Waals surface area contributed by atoms with Crippen LogP contribution in [0.15, 0.2) is 24.3 Å². The standard InChI is InChI=1S/C14H23NO2/c1-5-14(10-16,15-11(2)3)12-6-8-13(17-4)9-7-12/h6-9,11,15-16H,5,10H2,1-4H3. The van der Waals surface area contributed by atoms with Gasteiger partial charge in [-0.05, 0) is 38.0 Å². The van der Waals surface area contributed by atoms with Gasteiger partial charge in [-0.15, -0.1) is 0 Å². The van der Waals surface area contributed by atoms with E-state index in [1.54, 1.807) is 7.11 Å². The van der Waals surface area contributed by atoms with Gasteiger partial charge in [0.1, 0.15) is 5.75 Å². The maximum atomic E-state index is 9.71. The summed E-state index contributed by atoms with van der Waals surface area (Å²) in [5.41, 5.74) is 0.734. The van der Waals surface area contributed by atoms with Gasteiger partial charge < -0.3 is 15.2 Å². The van der Waals surface area contributed by atoms with Gasteiger partial charge in [-0.1, -0.05) is 19.1 Å². The van der Waals surface area contributed by atoms with Crippen molar-refractivity contribution in [2.24, 2.45) is 0 Å². The van der Waals surface area contributed by atoms with E-state index in [9.17, 15) is 5.11 Å². The third-order valence-electron chi connectivity index (χ3n) is 3.08. The molecule has 3 nitrogen and oxygen atoms in total. The van der Waals surface area contributed by atoms with Crippen LogP contribution in [0.4, 0.5) is 0 Å². The van der Waals surface area contributed by atoms with Crippen LogP contribution in [0, 0.1) is 0 Å². The second kappa shape index (κ2) is 6.03. The summed E-state index contributed by atoms with van der Waals surface area (Å²) < 4.78 is 5.15. The molecule has 0 amide bonds. The Labute approximate surface area is 104 Å². The molecule has 0 spiro atoms. The van der Waals surface area contributed by atoms with Crippen LogP contribution in [0.3, 0.4) is 0 Å². The van der Waals surface area contributed by atoms with Crippen molar-refractivity contribution in [3.8, 4) is 5.75 Å². The number of hydrogen-bond acceptors (Lipinski definition) is 3. The molecule has 17 heavy (non-hydrogen) atoms. The van der Waals surface area contributed by atoms with Gasteiger partial charge in [0.25, 0.3) is 0 Å². The number of aliphatic hydroxyl groups is 1. The predicted octanol–water partition coefficient (Wildman–Crippen LogP) is 2.29. The van der Waals surface area contributed by atoms with E-state index in [4.69, 9.17) is 4.74 Å². The largest absolute Gasteiger partial charge is 0.497 e. The zero-order chi connectivity index (χ0) is 12.9. The fraction of sp³-hybridized carbons (Fsp3) is 0.571. The summed E-state index contributed by atoms with van der Waals surface area (Å²) in [4.78, 5) is 0. The number of ether oxygens (including phenoxy) is 1. The SMILES string of the molecule is CCC(CO)(NC(C)C)c1ccc(OC)cc1. The molecule has 0 heterocycles. The molecule has 1 aromatic rings. The average Bonchev–Trinajstić information content (AvgIpc) is 2.36. The first kappa shape index (κ1) is 14.0. The molecule has 0 aliphatic carbocycles. The number of rotatable bonds is 6. The van der Waals surface area contributed by atoms with Gasteiger partial charge in [0.05, 0.1) is 19.3 Å². The lowest BCUT2D eigenvalue weighted by Gasteiger charge is -2.34. The summed E-state index contributed by atoms with van der Waals surface area (Å²) in [6.45, 7) is 6.34. The predicted molar refractivity (Wildman–Crippen MR) is 70.3 cm³/mol. The molecule has 0 saturated carbocycles. The second-order valence-electron chi connectivity index (χ2n) is 4.62. The van der Waals surface area contributed by atoms with Crippen LogP contribution in [0.5, 0.6) is 5.75 Å². The minimum absolute atomic E-state index is 0.0913. The highest BCUT2D eigenvalue weighted by Gasteiger charge is 2.29. The molecule has 3 heteroatoms. The van der Waals surface area contributed by atoms with Crippen molar-refractivity contribution in [1.29, 1.82) is 0 Å². The molecule has 0 bridgehead atoms. The van der Waals surface area contributed by atoms with E-state index in [0.717, 1.165) is 17.7 Å². The van der Waals surface area contributed by atoms with Crippen molar-refractivity contribution in [3.05, 3.63) is 29.8 Å². The molecular formula is C14H23NO2. The molecule has 0 fully saturated rings. The highest BCUT2D eigenvalue weighted by atomic mass is 16.5. The van der Waals surface area contributed by atoms with Crippen LogP contribution in [0.2, 0.25) is 0 Å². The first-order chi connectivity index (χ1) is 8.07. The third kappa shape index (κ3) is 3.20. The zero-order valence-corrected chi connectivity index (χ0v) is 11.2. The Kier molecular flexibility index (Phi) is 4.97. The van der Waals surface area contributed by atoms with Crippen molar-refractivity contribution in [3.63, 3.8) is 0 Å². The van der Waals surface area contributed by atoms with E-state index in [0.29, 0.717) is 6.04 Å². The summed E-state index contributed by atoms with van der Waals surface area (Å²) in [7, 11) is 1.65. The summed E-state index contributed by atoms with van der Waals surface area (Å²) >= 11 is 0. The van der Waals surface area contributed by atoms with Crippen LogP contribution < -0.4 is 10.1 Å². The smallest absolute Gasteiger partial charge is 0.118 e. The molecular weight excluding hydrogens is 214 g/mol. The highest BCUT2D eigenvalue weighted by Crippen LogP contribution is 2.27. The van der Waals surface area contributed by atoms with Gasteiger partial charge in [0.15, 0.2) is 0 Å². The quantitative estimate of drug-likeness (QED) is 0.797. The van der Waals surface area contributed by atoms with Gasteiger partial charge in [0, 0.05) is 6.04 Å². The lowest BCUT2D eigenvalue weighted by molar-refractivity contribution is 0.146. The summed E-state index contributed by atoms with van der Waals surface area (Å²) in [5, 5.41) is 13.2. The maximum absolute atomic E-state index is 9.71. The van der Waals surface area contributed by atoms with Gasteiger partial charge >= 0.3 is 0 Å². The van der Waals surface area contributed by atoms with Gasteiger partial charge in [0.2, 0.25) is 0 Å². The number of benzene rings is 1. The van der Waals surface area contributed by atoms with Crippen LogP contribution >= 0.6 is 0 Å². The zero-order valence-electron chi connectivity index (χ0n) is 11.2. The van der Waals surface area contributed by atoms with Crippen LogP contribution in [0.25, 0.3) is 0 Å². The maximum Gasteiger partial charge on any atom is 0.118 e. The highest BCUT2D eigenvalue weighted by molar-refractivity contribution is 5.32. The topological polar surface area (TPSA) is 41.5 Å². The lowest BCUT2D eigenvalue weighted by Crippen LogP contribution is -2.48. The minimum atomic E-state index is -0.361. The van der Waals surface area contributed by atoms with E-state index in [2.05, 4.69) is 26.1 Å². The molecule has 1 rings (SSSR count). The first-order valence-corrected chi connectivity index (χ1v) is 6.11. The van der Waals surface area contributed by atoms with E-state index in [-0.39, 0.29) is 12.1 Å². The van der Waals surface area contributed by atoms with Crippen LogP contribution in [-0.2, 0) is 5.54 Å². The van der Waals surface area contributed by atoms with Gasteiger partial charge in [-0.25, -0.2) is 0 Å². The second-order valence-corrected chi connectivity index (χ2v) is 4.62. The van der Waals surface area contributed by atoms with Crippen LogP contribution in [0.1, 0.15) is 32.8 Å². The summed E-state index contributed by atoms with van der Waals surface area (Å²) in [6.07, 6.45) is 0.841. The Morgan fingerprint density at radius 3 is 2.24 bits per heavy atom. The molecule has 0 aliphatic heterocycles. The number of aliphatic hydroxyl groups excluding tert-OH is 1. The average molecular weight is 237 g/mol. The number of hydrogen-bond donors (Lipinski definition) is 2. The Hall–Kier alpha value is -1.06. The molecule has 0 aromatic heterocycles. The molecule has 0 saturated heterocycles. The Balaban J connectivity index is 3.03. The number of nitrogens with one attached hydrogen (secondary N) is 1. The van der Waals surface area contributed by atoms with Crippen molar-refractivity contribution in [2.45, 2.75) is 38.8 Å². The Morgan fingerprint density at radius 2 is 1.88 bits per heavy atom. The normalized spacial score (nSPS) is 14.7. The fourth-order valence-corrected chi connectivity index (χ4v) is 2.10. The lowest BCUT2D eigenvalue weighted by atomic mass is 9.87. The van der Waals surface area contributed by atoms with E-state index in [1.165, 1.54) is 0 Å². The van der Waals surface area contributed by atoms with Gasteiger partial charge in [-0.2, -0.15) is 0 Å². The Bertz CT molecular complexity index is 329. The molecule has 1 atom stereocenters. The number of methoxy groups -OCH3 is 1.